The minimum Gasteiger partial charge on any atom is -0.480 e. The molecule has 9 heteroatoms. The van der Waals surface area contributed by atoms with Crippen LogP contribution in [0.1, 0.15) is 45.4 Å². The predicted molar refractivity (Wildman–Crippen MR) is 90.7 cm³/mol. The van der Waals surface area contributed by atoms with E-state index in [1.807, 2.05) is 0 Å². The minimum absolute atomic E-state index is 0.00851. The van der Waals surface area contributed by atoms with E-state index in [1.54, 1.807) is 0 Å². The van der Waals surface area contributed by atoms with E-state index >= 15 is 0 Å². The van der Waals surface area contributed by atoms with Crippen molar-refractivity contribution in [3.05, 3.63) is 0 Å². The highest BCUT2D eigenvalue weighted by molar-refractivity contribution is 5.83. The summed E-state index contributed by atoms with van der Waals surface area (Å²) < 4.78 is 0. The summed E-state index contributed by atoms with van der Waals surface area (Å²) in [6.45, 7) is 2.07. The van der Waals surface area contributed by atoms with Crippen molar-refractivity contribution in [1.82, 2.24) is 15.8 Å². The Balaban J connectivity index is 4.39. The number of aliphatic carboxylic acids is 1. The second-order valence-electron chi connectivity index (χ2n) is 5.87. The zero-order valence-corrected chi connectivity index (χ0v) is 14.6. The molecule has 0 fully saturated rings. The van der Waals surface area contributed by atoms with Crippen LogP contribution in [0.4, 0.5) is 0 Å². The van der Waals surface area contributed by atoms with Gasteiger partial charge in [-0.05, 0) is 19.4 Å². The highest BCUT2D eigenvalue weighted by atomic mass is 16.4. The first-order valence-corrected chi connectivity index (χ1v) is 8.28. The van der Waals surface area contributed by atoms with Gasteiger partial charge in [-0.2, -0.15) is 0 Å². The van der Waals surface area contributed by atoms with Crippen molar-refractivity contribution in [3.8, 4) is 0 Å². The summed E-state index contributed by atoms with van der Waals surface area (Å²) in [4.78, 5) is 34.6. The number of carbonyl (C=O) groups is 3. The summed E-state index contributed by atoms with van der Waals surface area (Å²) in [6, 6.07) is -1.03. The monoisotopic (exact) mass is 345 g/mol. The Labute approximate surface area is 143 Å². The van der Waals surface area contributed by atoms with Gasteiger partial charge in [-0.3, -0.25) is 19.8 Å². The fraction of sp³-hybridized carbons (Fsp3) is 0.800. The number of carbonyl (C=O) groups excluding carboxylic acids is 2. The zero-order valence-electron chi connectivity index (χ0n) is 14.6. The normalized spacial score (nSPS) is 13.4. The van der Waals surface area contributed by atoms with Gasteiger partial charge in [0.2, 0.25) is 11.8 Å². The molecule has 0 saturated carbocycles. The summed E-state index contributed by atoms with van der Waals surface area (Å²) in [5, 5.41) is 12.6. The number of hydrogen-bond acceptors (Lipinski definition) is 6. The average Bonchev–Trinajstić information content (AvgIpc) is 2.46. The predicted octanol–water partition coefficient (Wildman–Crippen LogP) is -0.835. The van der Waals surface area contributed by atoms with Gasteiger partial charge in [0, 0.05) is 19.5 Å². The Bertz CT molecular complexity index is 405. The molecule has 0 aliphatic heterocycles. The first kappa shape index (κ1) is 22.3. The molecule has 0 spiro atoms. The number of hydrogen-bond donors (Lipinski definition) is 5. The zero-order chi connectivity index (χ0) is 18.5. The lowest BCUT2D eigenvalue weighted by atomic mass is 10.1. The van der Waals surface area contributed by atoms with Crippen molar-refractivity contribution in [2.45, 2.75) is 57.5 Å². The van der Waals surface area contributed by atoms with Gasteiger partial charge in [0.15, 0.2) is 0 Å². The molecule has 0 aromatic carbocycles. The van der Waals surface area contributed by atoms with Crippen molar-refractivity contribution in [3.63, 3.8) is 0 Å². The third kappa shape index (κ3) is 10.9. The van der Waals surface area contributed by atoms with Crippen molar-refractivity contribution in [1.29, 1.82) is 0 Å². The van der Waals surface area contributed by atoms with Crippen LogP contribution in [0.5, 0.6) is 0 Å². The van der Waals surface area contributed by atoms with E-state index in [0.29, 0.717) is 19.4 Å². The number of hydrazine groups is 1. The average molecular weight is 345 g/mol. The molecule has 24 heavy (non-hydrogen) atoms. The molecular formula is C15H31N5O4. The SMILES string of the molecule is CCCCC[C@H](N)C(=O)N[C@@H](CCN)CC(=O)NN(C)CC(=O)O. The number of likely N-dealkylation sites (N-methyl/N-ethyl adjacent to an activating group) is 1. The lowest BCUT2D eigenvalue weighted by Crippen LogP contribution is -2.49. The van der Waals surface area contributed by atoms with Crippen LogP contribution in [-0.4, -0.2) is 60.1 Å². The van der Waals surface area contributed by atoms with Crippen molar-refractivity contribution in [2.75, 3.05) is 20.1 Å². The fourth-order valence-corrected chi connectivity index (χ4v) is 2.20. The molecule has 0 bridgehead atoms. The lowest BCUT2D eigenvalue weighted by Gasteiger charge is -2.22. The summed E-state index contributed by atoms with van der Waals surface area (Å²) in [5.41, 5.74) is 13.8. The first-order chi connectivity index (χ1) is 11.3. The number of unbranched alkanes of at least 4 members (excludes halogenated alkanes) is 2. The smallest absolute Gasteiger partial charge is 0.319 e. The summed E-state index contributed by atoms with van der Waals surface area (Å²) >= 11 is 0. The minimum atomic E-state index is -1.05. The van der Waals surface area contributed by atoms with Gasteiger partial charge in [0.05, 0.1) is 6.04 Å². The Morgan fingerprint density at radius 2 is 1.88 bits per heavy atom. The second kappa shape index (κ2) is 12.7. The second-order valence-corrected chi connectivity index (χ2v) is 5.87. The van der Waals surface area contributed by atoms with Crippen LogP contribution in [0.3, 0.4) is 0 Å². The topological polar surface area (TPSA) is 151 Å². The van der Waals surface area contributed by atoms with E-state index in [4.69, 9.17) is 16.6 Å². The molecule has 0 aromatic heterocycles. The highest BCUT2D eigenvalue weighted by Gasteiger charge is 2.20. The highest BCUT2D eigenvalue weighted by Crippen LogP contribution is 2.04. The van der Waals surface area contributed by atoms with Crippen LogP contribution >= 0.6 is 0 Å². The number of nitrogens with zero attached hydrogens (tertiary/aromatic N) is 1. The van der Waals surface area contributed by atoms with Gasteiger partial charge in [-0.25, -0.2) is 5.01 Å². The molecule has 0 heterocycles. The molecule has 2 amide bonds. The van der Waals surface area contributed by atoms with E-state index in [0.717, 1.165) is 19.3 Å². The number of carboxylic acid groups (broad SMARTS) is 1. The van der Waals surface area contributed by atoms with E-state index in [1.165, 1.54) is 12.1 Å². The van der Waals surface area contributed by atoms with Crippen LogP contribution in [0.25, 0.3) is 0 Å². The van der Waals surface area contributed by atoms with E-state index < -0.39 is 24.0 Å². The van der Waals surface area contributed by atoms with Crippen LogP contribution in [0, 0.1) is 0 Å². The van der Waals surface area contributed by atoms with Crippen LogP contribution in [-0.2, 0) is 14.4 Å². The van der Waals surface area contributed by atoms with E-state index in [-0.39, 0.29) is 18.9 Å². The molecule has 9 nitrogen and oxygen atoms in total. The summed E-state index contributed by atoms with van der Waals surface area (Å²) in [6.07, 6.45) is 3.99. The molecular weight excluding hydrogens is 314 g/mol. The van der Waals surface area contributed by atoms with E-state index in [2.05, 4.69) is 17.7 Å². The van der Waals surface area contributed by atoms with E-state index in [9.17, 15) is 14.4 Å². The van der Waals surface area contributed by atoms with Gasteiger partial charge < -0.3 is 21.9 Å². The molecule has 0 aliphatic carbocycles. The van der Waals surface area contributed by atoms with Crippen LogP contribution in [0.15, 0.2) is 0 Å². The van der Waals surface area contributed by atoms with Crippen molar-refractivity contribution in [2.24, 2.45) is 11.5 Å². The maximum atomic E-state index is 12.1. The standard InChI is InChI=1S/C15H31N5O4/c1-3-4-5-6-12(17)15(24)18-11(7-8-16)9-13(21)19-20(2)10-14(22)23/h11-12H,3-10,16-17H2,1-2H3,(H,18,24)(H,19,21)(H,22,23)/t11-,12-/m0/s1. The molecule has 0 aromatic rings. The largest absolute Gasteiger partial charge is 0.480 e. The van der Waals surface area contributed by atoms with Gasteiger partial charge in [0.1, 0.15) is 6.54 Å². The Morgan fingerprint density at radius 1 is 1.21 bits per heavy atom. The Kier molecular flexibility index (Phi) is 11.8. The Hall–Kier alpha value is -1.71. The molecule has 0 saturated heterocycles. The molecule has 2 atom stereocenters. The molecule has 7 N–H and O–H groups in total. The summed E-state index contributed by atoms with van der Waals surface area (Å²) in [7, 11) is 1.45. The van der Waals surface area contributed by atoms with Gasteiger partial charge in [-0.1, -0.05) is 26.2 Å². The number of nitrogens with one attached hydrogen (secondary N) is 2. The number of carboxylic acids is 1. The third-order valence-corrected chi connectivity index (χ3v) is 3.44. The van der Waals surface area contributed by atoms with Gasteiger partial charge >= 0.3 is 5.97 Å². The fourth-order valence-electron chi connectivity index (χ4n) is 2.20. The van der Waals surface area contributed by atoms with Crippen LogP contribution < -0.4 is 22.2 Å². The molecule has 0 unspecified atom stereocenters. The third-order valence-electron chi connectivity index (χ3n) is 3.44. The maximum Gasteiger partial charge on any atom is 0.319 e. The maximum absolute atomic E-state index is 12.1. The number of rotatable bonds is 13. The Morgan fingerprint density at radius 3 is 2.42 bits per heavy atom. The van der Waals surface area contributed by atoms with Crippen molar-refractivity contribution < 1.29 is 19.5 Å². The number of nitrogens with two attached hydrogens (primary N) is 2. The molecule has 0 radical (unpaired) electrons. The van der Waals surface area contributed by atoms with Gasteiger partial charge in [0.25, 0.3) is 0 Å². The molecule has 0 rings (SSSR count). The van der Waals surface area contributed by atoms with Crippen molar-refractivity contribution >= 4 is 17.8 Å². The summed E-state index contributed by atoms with van der Waals surface area (Å²) in [5.74, 6) is -1.74. The molecule has 140 valence electrons. The molecule has 0 aliphatic rings. The lowest BCUT2D eigenvalue weighted by molar-refractivity contribution is -0.139. The quantitative estimate of drug-likeness (QED) is 0.216. The van der Waals surface area contributed by atoms with Crippen LogP contribution in [0.2, 0.25) is 0 Å². The number of amides is 2. The van der Waals surface area contributed by atoms with Gasteiger partial charge in [-0.15, -0.1) is 0 Å². The first-order valence-electron chi connectivity index (χ1n) is 8.28.